The Morgan fingerprint density at radius 2 is 2.08 bits per heavy atom. The van der Waals surface area contributed by atoms with Gasteiger partial charge in [-0.15, -0.1) is 0 Å². The average molecular weight is 193 g/mol. The van der Waals surface area contributed by atoms with Gasteiger partial charge in [-0.05, 0) is 30.2 Å². The Balaban J connectivity index is 3.56. The molecule has 0 aromatic carbocycles. The van der Waals surface area contributed by atoms with E-state index in [9.17, 15) is 0 Å². The van der Waals surface area contributed by atoms with E-state index in [1.807, 2.05) is 0 Å². The van der Waals surface area contributed by atoms with Crippen LogP contribution in [0.15, 0.2) is 5.28 Å². The van der Waals surface area contributed by atoms with Gasteiger partial charge < -0.3 is 0 Å². The predicted octanol–water partition coefficient (Wildman–Crippen LogP) is 1.80. The molecule has 0 spiro atoms. The summed E-state index contributed by atoms with van der Waals surface area (Å²) in [6.45, 7) is 1.67. The molecule has 0 fully saturated rings. The minimum absolute atomic E-state index is 0.652. The zero-order chi connectivity index (χ0) is 9.78. The maximum Gasteiger partial charge on any atom is 0.146 e. The normalized spacial score (nSPS) is 5.62. The van der Waals surface area contributed by atoms with Crippen molar-refractivity contribution in [1.82, 2.24) is 0 Å². The molecule has 0 aromatic rings. The van der Waals surface area contributed by atoms with Crippen molar-refractivity contribution in [2.24, 2.45) is 5.28 Å². The molecule has 0 aromatic heterocycles. The fourth-order valence-corrected chi connectivity index (χ4v) is 0.416. The van der Waals surface area contributed by atoms with Gasteiger partial charge in [0.2, 0.25) is 0 Å². The SMILES string of the molecule is CC#CC#CC#CSOON=[N+]=[N-]. The van der Waals surface area contributed by atoms with Crippen LogP contribution in [-0.4, -0.2) is 0 Å². The van der Waals surface area contributed by atoms with E-state index in [-0.39, 0.29) is 0 Å². The minimum atomic E-state index is 0.652. The Bertz CT molecular complexity index is 368. The third kappa shape index (κ3) is 10.1. The van der Waals surface area contributed by atoms with Gasteiger partial charge in [0, 0.05) is 16.1 Å². The highest BCUT2D eigenvalue weighted by Crippen LogP contribution is 1.99. The minimum Gasteiger partial charge on any atom is -0.244 e. The summed E-state index contributed by atoms with van der Waals surface area (Å²) in [4.78, 5) is 6.17. The molecule has 0 heterocycles. The first-order valence-corrected chi connectivity index (χ1v) is 3.61. The van der Waals surface area contributed by atoms with E-state index in [0.717, 1.165) is 0 Å². The van der Waals surface area contributed by atoms with E-state index >= 15 is 0 Å². The van der Waals surface area contributed by atoms with Crippen LogP contribution in [0, 0.1) is 34.9 Å². The van der Waals surface area contributed by atoms with Gasteiger partial charge >= 0.3 is 0 Å². The smallest absolute Gasteiger partial charge is 0.146 e. The molecular weight excluding hydrogens is 190 g/mol. The third-order valence-corrected chi connectivity index (χ3v) is 0.854. The quantitative estimate of drug-likeness (QED) is 0.100. The van der Waals surface area contributed by atoms with Gasteiger partial charge in [0.25, 0.3) is 0 Å². The van der Waals surface area contributed by atoms with Crippen LogP contribution in [0.2, 0.25) is 0 Å². The van der Waals surface area contributed by atoms with E-state index in [2.05, 4.69) is 54.4 Å². The van der Waals surface area contributed by atoms with Gasteiger partial charge in [0.1, 0.15) is 17.3 Å². The lowest BCUT2D eigenvalue weighted by atomic mass is 10.5. The first-order valence-electron chi connectivity index (χ1n) is 2.87. The lowest BCUT2D eigenvalue weighted by molar-refractivity contribution is -0.192. The predicted molar refractivity (Wildman–Crippen MR) is 47.9 cm³/mol. The van der Waals surface area contributed by atoms with Crippen molar-refractivity contribution in [1.29, 1.82) is 0 Å². The van der Waals surface area contributed by atoms with Gasteiger partial charge in [0.15, 0.2) is 0 Å². The van der Waals surface area contributed by atoms with Crippen LogP contribution in [-0.2, 0) is 9.32 Å². The van der Waals surface area contributed by atoms with Crippen LogP contribution in [0.4, 0.5) is 0 Å². The monoisotopic (exact) mass is 193 g/mol. The molecule has 0 amide bonds. The fraction of sp³-hybridized carbons (Fsp3) is 0.143. The Kier molecular flexibility index (Phi) is 8.62. The van der Waals surface area contributed by atoms with E-state index in [4.69, 9.17) is 5.53 Å². The number of hydrogen-bond acceptors (Lipinski definition) is 4. The van der Waals surface area contributed by atoms with Gasteiger partial charge in [-0.2, -0.15) is 0 Å². The van der Waals surface area contributed by atoms with Crippen LogP contribution < -0.4 is 0 Å². The van der Waals surface area contributed by atoms with Crippen molar-refractivity contribution < 1.29 is 9.32 Å². The van der Waals surface area contributed by atoms with Crippen molar-refractivity contribution >= 4 is 12.0 Å². The average Bonchev–Trinajstić information content (AvgIpc) is 2.16. The first kappa shape index (κ1) is 11.1. The molecule has 0 unspecified atom stereocenters. The molecule has 0 rings (SSSR count). The summed E-state index contributed by atoms with van der Waals surface area (Å²) in [6, 6.07) is 0. The van der Waals surface area contributed by atoms with Crippen molar-refractivity contribution in [3.05, 3.63) is 10.4 Å². The molecule has 13 heavy (non-hydrogen) atoms. The Labute approximate surface area is 79.5 Å². The zero-order valence-corrected chi connectivity index (χ0v) is 7.38. The molecule has 0 atom stereocenters. The number of nitrogens with zero attached hydrogens (tertiary/aromatic N) is 3. The van der Waals surface area contributed by atoms with Crippen LogP contribution in [0.1, 0.15) is 6.92 Å². The standard InChI is InChI=1S/C7H3N3O2S/c1-2-3-4-5-6-7-13-12-11-10-9-8/h1H3. The number of rotatable bonds is 3. The Hall–Kier alpha value is -1.90. The Morgan fingerprint density at radius 1 is 1.31 bits per heavy atom. The maximum absolute atomic E-state index is 7.74. The van der Waals surface area contributed by atoms with Crippen molar-refractivity contribution in [3.63, 3.8) is 0 Å². The lowest BCUT2D eigenvalue weighted by Crippen LogP contribution is -1.69. The molecule has 0 radical (unpaired) electrons. The van der Waals surface area contributed by atoms with Gasteiger partial charge in [-0.1, -0.05) is 10.3 Å². The second kappa shape index (κ2) is 10.1. The van der Waals surface area contributed by atoms with E-state index in [0.29, 0.717) is 12.0 Å². The highest BCUT2D eigenvalue weighted by molar-refractivity contribution is 7.99. The van der Waals surface area contributed by atoms with E-state index in [1.165, 1.54) is 0 Å². The van der Waals surface area contributed by atoms with Gasteiger partial charge in [0.05, 0.1) is 0 Å². The summed E-state index contributed by atoms with van der Waals surface area (Å²) in [6.07, 6.45) is 0. The molecule has 64 valence electrons. The highest BCUT2D eigenvalue weighted by atomic mass is 32.2. The maximum atomic E-state index is 7.74. The number of azide groups is 1. The van der Waals surface area contributed by atoms with Crippen molar-refractivity contribution in [2.45, 2.75) is 6.92 Å². The molecular formula is C7H3N3O2S. The molecule has 0 N–H and O–H groups in total. The molecule has 0 bridgehead atoms. The van der Waals surface area contributed by atoms with Crippen LogP contribution in [0.3, 0.4) is 0 Å². The molecule has 0 aliphatic carbocycles. The summed E-state index contributed by atoms with van der Waals surface area (Å²) in [7, 11) is 0. The van der Waals surface area contributed by atoms with Gasteiger partial charge in [-0.25, -0.2) is 4.99 Å². The van der Waals surface area contributed by atoms with Crippen LogP contribution in [0.5, 0.6) is 0 Å². The summed E-state index contributed by atoms with van der Waals surface area (Å²) in [5.41, 5.74) is 7.74. The summed E-state index contributed by atoms with van der Waals surface area (Å²) >= 11 is 0.652. The lowest BCUT2D eigenvalue weighted by Gasteiger charge is -1.84. The van der Waals surface area contributed by atoms with Gasteiger partial charge in [-0.3, -0.25) is 0 Å². The summed E-state index contributed by atoms with van der Waals surface area (Å²) in [5.74, 6) is 12.4. The summed E-state index contributed by atoms with van der Waals surface area (Å²) in [5, 5.41) is 5.03. The second-order valence-electron chi connectivity index (χ2n) is 1.25. The topological polar surface area (TPSA) is 67.2 Å². The van der Waals surface area contributed by atoms with Crippen LogP contribution in [0.25, 0.3) is 10.4 Å². The summed E-state index contributed by atoms with van der Waals surface area (Å²) < 4.78 is 4.20. The van der Waals surface area contributed by atoms with Crippen molar-refractivity contribution in [2.75, 3.05) is 0 Å². The second-order valence-corrected chi connectivity index (χ2v) is 1.76. The largest absolute Gasteiger partial charge is 0.244 e. The zero-order valence-electron chi connectivity index (χ0n) is 6.57. The number of hydrogen-bond donors (Lipinski definition) is 0. The molecule has 0 saturated carbocycles. The van der Waals surface area contributed by atoms with E-state index < -0.39 is 0 Å². The third-order valence-electron chi connectivity index (χ3n) is 0.539. The van der Waals surface area contributed by atoms with Crippen molar-refractivity contribution in [3.8, 4) is 34.9 Å². The molecule has 5 nitrogen and oxygen atoms in total. The molecule has 6 heteroatoms. The highest BCUT2D eigenvalue weighted by Gasteiger charge is 1.78. The first-order chi connectivity index (χ1) is 6.41. The van der Waals surface area contributed by atoms with E-state index in [1.54, 1.807) is 6.92 Å². The molecule has 0 aliphatic heterocycles. The van der Waals surface area contributed by atoms with Crippen LogP contribution >= 0.6 is 12.0 Å². The molecule has 0 saturated heterocycles. The molecule has 0 aliphatic rings. The fourth-order valence-electron chi connectivity index (χ4n) is 0.232. The Morgan fingerprint density at radius 3 is 2.77 bits per heavy atom.